The Balaban J connectivity index is 2.32. The van der Waals surface area contributed by atoms with Crippen molar-refractivity contribution in [3.63, 3.8) is 0 Å². The van der Waals surface area contributed by atoms with E-state index in [2.05, 4.69) is 37.0 Å². The maximum absolute atomic E-state index is 4.38. The van der Waals surface area contributed by atoms with E-state index in [9.17, 15) is 0 Å². The molecule has 0 bridgehead atoms. The Hall–Kier alpha value is -0.470. The average molecular weight is 195 g/mol. The van der Waals surface area contributed by atoms with Crippen LogP contribution < -0.4 is 5.32 Å². The second-order valence-corrected chi connectivity index (χ2v) is 3.64. The predicted octanol–water partition coefficient (Wildman–Crippen LogP) is 2.87. The van der Waals surface area contributed by atoms with E-state index in [0.29, 0.717) is 0 Å². The Kier molecular flexibility index (Phi) is 4.94. The summed E-state index contributed by atoms with van der Waals surface area (Å²) in [6.07, 6.45) is 2.49. The van der Waals surface area contributed by atoms with Gasteiger partial charge in [0.15, 0.2) is 0 Å². The highest BCUT2D eigenvalue weighted by Gasteiger charge is 1.95. The number of hydrogen-bond acceptors (Lipinski definition) is 2. The molecule has 0 amide bonds. The maximum atomic E-state index is 4.38. The lowest BCUT2D eigenvalue weighted by atomic mass is 10.2. The molecule has 1 rings (SSSR count). The van der Waals surface area contributed by atoms with Crippen molar-refractivity contribution in [1.29, 1.82) is 0 Å². The van der Waals surface area contributed by atoms with Crippen molar-refractivity contribution in [2.24, 2.45) is 0 Å². The van der Waals surface area contributed by atoms with Crippen LogP contribution in [0.4, 0.5) is 0 Å². The fourth-order valence-electron chi connectivity index (χ4n) is 1.19. The van der Waals surface area contributed by atoms with E-state index in [4.69, 9.17) is 0 Å². The third-order valence-corrected chi connectivity index (χ3v) is 2.45. The van der Waals surface area contributed by atoms with E-state index in [0.717, 1.165) is 18.0 Å². The Labute approximate surface area is 86.0 Å². The van der Waals surface area contributed by atoms with Gasteiger partial charge in [0.25, 0.3) is 0 Å². The first-order valence-corrected chi connectivity index (χ1v) is 5.27. The van der Waals surface area contributed by atoms with Crippen molar-refractivity contribution in [2.45, 2.75) is 31.2 Å². The van der Waals surface area contributed by atoms with Crippen molar-refractivity contribution >= 4 is 12.6 Å². The SMILES string of the molecule is CCCCNCc1ccccc1S. The van der Waals surface area contributed by atoms with E-state index in [1.807, 2.05) is 12.1 Å². The van der Waals surface area contributed by atoms with Crippen LogP contribution in [0.3, 0.4) is 0 Å². The van der Waals surface area contributed by atoms with Gasteiger partial charge in [-0.25, -0.2) is 0 Å². The Bertz CT molecular complexity index is 248. The van der Waals surface area contributed by atoms with Gasteiger partial charge in [0.2, 0.25) is 0 Å². The van der Waals surface area contributed by atoms with Gasteiger partial charge < -0.3 is 5.32 Å². The van der Waals surface area contributed by atoms with Gasteiger partial charge in [-0.1, -0.05) is 31.5 Å². The minimum atomic E-state index is 0.930. The number of thiol groups is 1. The lowest BCUT2D eigenvalue weighted by Gasteiger charge is -2.05. The Morgan fingerprint density at radius 1 is 1.31 bits per heavy atom. The molecule has 0 atom stereocenters. The molecule has 0 unspecified atom stereocenters. The van der Waals surface area contributed by atoms with Crippen LogP contribution in [0.25, 0.3) is 0 Å². The average Bonchev–Trinajstić information content (AvgIpc) is 2.15. The molecule has 0 saturated heterocycles. The fourth-order valence-corrected chi connectivity index (χ4v) is 1.42. The Morgan fingerprint density at radius 2 is 2.08 bits per heavy atom. The zero-order valence-electron chi connectivity index (χ0n) is 8.09. The molecule has 0 aliphatic carbocycles. The summed E-state index contributed by atoms with van der Waals surface area (Å²) in [5.74, 6) is 0. The first-order chi connectivity index (χ1) is 6.34. The number of nitrogens with one attached hydrogen (secondary N) is 1. The molecule has 1 nitrogen and oxygen atoms in total. The highest BCUT2D eigenvalue weighted by molar-refractivity contribution is 7.80. The summed E-state index contributed by atoms with van der Waals surface area (Å²) in [5.41, 5.74) is 1.28. The smallest absolute Gasteiger partial charge is 0.0216 e. The summed E-state index contributed by atoms with van der Waals surface area (Å²) in [7, 11) is 0. The second-order valence-electron chi connectivity index (χ2n) is 3.16. The first kappa shape index (κ1) is 10.6. The molecule has 72 valence electrons. The molecule has 0 aliphatic rings. The first-order valence-electron chi connectivity index (χ1n) is 4.82. The van der Waals surface area contributed by atoms with Crippen LogP contribution in [0.1, 0.15) is 25.3 Å². The Morgan fingerprint density at radius 3 is 2.77 bits per heavy atom. The summed E-state index contributed by atoms with van der Waals surface area (Å²) in [5, 5.41) is 3.39. The topological polar surface area (TPSA) is 12.0 Å². The zero-order valence-corrected chi connectivity index (χ0v) is 8.98. The quantitative estimate of drug-likeness (QED) is 0.544. The highest BCUT2D eigenvalue weighted by Crippen LogP contribution is 2.11. The zero-order chi connectivity index (χ0) is 9.52. The van der Waals surface area contributed by atoms with E-state index in [1.165, 1.54) is 18.4 Å². The predicted molar refractivity (Wildman–Crippen MR) is 60.3 cm³/mol. The van der Waals surface area contributed by atoms with E-state index < -0.39 is 0 Å². The van der Waals surface area contributed by atoms with Crippen LogP contribution in [0, 0.1) is 0 Å². The van der Waals surface area contributed by atoms with E-state index >= 15 is 0 Å². The van der Waals surface area contributed by atoms with Crippen LogP contribution in [-0.2, 0) is 6.54 Å². The fraction of sp³-hybridized carbons (Fsp3) is 0.455. The molecule has 0 spiro atoms. The highest BCUT2D eigenvalue weighted by atomic mass is 32.1. The third kappa shape index (κ3) is 3.83. The van der Waals surface area contributed by atoms with Crippen LogP contribution in [-0.4, -0.2) is 6.54 Å². The van der Waals surface area contributed by atoms with E-state index in [1.54, 1.807) is 0 Å². The second kappa shape index (κ2) is 6.06. The molecule has 0 aromatic heterocycles. The number of rotatable bonds is 5. The van der Waals surface area contributed by atoms with Gasteiger partial charge in [-0.3, -0.25) is 0 Å². The summed E-state index contributed by atoms with van der Waals surface area (Å²) < 4.78 is 0. The minimum Gasteiger partial charge on any atom is -0.313 e. The van der Waals surface area contributed by atoms with Crippen LogP contribution in [0.5, 0.6) is 0 Å². The number of unbranched alkanes of at least 4 members (excludes halogenated alkanes) is 1. The van der Waals surface area contributed by atoms with Gasteiger partial charge in [-0.2, -0.15) is 0 Å². The van der Waals surface area contributed by atoms with E-state index in [-0.39, 0.29) is 0 Å². The monoisotopic (exact) mass is 195 g/mol. The largest absolute Gasteiger partial charge is 0.313 e. The summed E-state index contributed by atoms with van der Waals surface area (Å²) in [6.45, 7) is 4.23. The lowest BCUT2D eigenvalue weighted by molar-refractivity contribution is 0.637. The molecule has 0 aliphatic heterocycles. The van der Waals surface area contributed by atoms with Crippen molar-refractivity contribution in [1.82, 2.24) is 5.32 Å². The van der Waals surface area contributed by atoms with Gasteiger partial charge in [0.1, 0.15) is 0 Å². The van der Waals surface area contributed by atoms with Crippen molar-refractivity contribution < 1.29 is 0 Å². The van der Waals surface area contributed by atoms with Crippen molar-refractivity contribution in [2.75, 3.05) is 6.54 Å². The minimum absolute atomic E-state index is 0.930. The molecule has 0 saturated carbocycles. The maximum Gasteiger partial charge on any atom is 0.0216 e. The normalized spacial score (nSPS) is 10.3. The molecule has 0 radical (unpaired) electrons. The number of benzene rings is 1. The standard InChI is InChI=1S/C11H17NS/c1-2-3-8-12-9-10-6-4-5-7-11(10)13/h4-7,12-13H,2-3,8-9H2,1H3. The van der Waals surface area contributed by atoms with Gasteiger partial charge in [-0.05, 0) is 24.6 Å². The molecule has 1 aromatic rings. The van der Waals surface area contributed by atoms with Gasteiger partial charge in [-0.15, -0.1) is 12.6 Å². The molecular formula is C11H17NS. The molecule has 1 N–H and O–H groups in total. The molecular weight excluding hydrogens is 178 g/mol. The molecule has 2 heteroatoms. The third-order valence-electron chi connectivity index (χ3n) is 2.01. The molecule has 0 heterocycles. The van der Waals surface area contributed by atoms with Gasteiger partial charge in [0, 0.05) is 11.4 Å². The van der Waals surface area contributed by atoms with Crippen LogP contribution >= 0.6 is 12.6 Å². The van der Waals surface area contributed by atoms with Gasteiger partial charge >= 0.3 is 0 Å². The molecule has 1 aromatic carbocycles. The lowest BCUT2D eigenvalue weighted by Crippen LogP contribution is -2.14. The summed E-state index contributed by atoms with van der Waals surface area (Å²) >= 11 is 4.38. The molecule has 13 heavy (non-hydrogen) atoms. The van der Waals surface area contributed by atoms with Crippen LogP contribution in [0.15, 0.2) is 29.2 Å². The summed E-state index contributed by atoms with van der Waals surface area (Å²) in [4.78, 5) is 1.08. The summed E-state index contributed by atoms with van der Waals surface area (Å²) in [6, 6.07) is 8.20. The number of hydrogen-bond donors (Lipinski definition) is 2. The van der Waals surface area contributed by atoms with Crippen molar-refractivity contribution in [3.8, 4) is 0 Å². The van der Waals surface area contributed by atoms with Crippen LogP contribution in [0.2, 0.25) is 0 Å². The molecule has 0 fully saturated rings. The van der Waals surface area contributed by atoms with Gasteiger partial charge in [0.05, 0.1) is 0 Å². The van der Waals surface area contributed by atoms with Crippen molar-refractivity contribution in [3.05, 3.63) is 29.8 Å².